The molecule has 0 saturated heterocycles. The number of aryl methyl sites for hydroxylation is 1. The van der Waals surface area contributed by atoms with E-state index in [1.807, 2.05) is 12.1 Å². The van der Waals surface area contributed by atoms with E-state index in [2.05, 4.69) is 65.4 Å². The van der Waals surface area contributed by atoms with Crippen molar-refractivity contribution in [2.45, 2.75) is 26.4 Å². The van der Waals surface area contributed by atoms with Crippen LogP contribution in [0.1, 0.15) is 29.7 Å². The molecular formula is C16H17BrClN. The fourth-order valence-electron chi connectivity index (χ4n) is 1.94. The van der Waals surface area contributed by atoms with E-state index in [0.29, 0.717) is 0 Å². The number of hydrogen-bond acceptors (Lipinski definition) is 1. The minimum absolute atomic E-state index is 0.224. The number of halogens is 2. The zero-order chi connectivity index (χ0) is 13.8. The molecule has 1 N–H and O–H groups in total. The first-order valence-electron chi connectivity index (χ1n) is 6.30. The van der Waals surface area contributed by atoms with Gasteiger partial charge in [-0.3, -0.25) is 0 Å². The Hall–Kier alpha value is -0.830. The van der Waals surface area contributed by atoms with Crippen molar-refractivity contribution >= 4 is 27.5 Å². The van der Waals surface area contributed by atoms with Gasteiger partial charge in [-0.2, -0.15) is 0 Å². The van der Waals surface area contributed by atoms with Gasteiger partial charge in [0.15, 0.2) is 0 Å². The van der Waals surface area contributed by atoms with Gasteiger partial charge in [0.1, 0.15) is 0 Å². The van der Waals surface area contributed by atoms with Crippen molar-refractivity contribution in [3.63, 3.8) is 0 Å². The maximum atomic E-state index is 6.26. The zero-order valence-electron chi connectivity index (χ0n) is 11.1. The average Bonchev–Trinajstić information content (AvgIpc) is 2.37. The molecule has 2 rings (SSSR count). The first-order chi connectivity index (χ1) is 9.06. The summed E-state index contributed by atoms with van der Waals surface area (Å²) < 4.78 is 1.01. The molecule has 0 saturated carbocycles. The molecule has 3 heteroatoms. The fraction of sp³-hybridized carbons (Fsp3) is 0.250. The van der Waals surface area contributed by atoms with Gasteiger partial charge < -0.3 is 5.32 Å². The van der Waals surface area contributed by atoms with Crippen molar-refractivity contribution in [3.8, 4) is 0 Å². The van der Waals surface area contributed by atoms with E-state index in [0.717, 1.165) is 21.6 Å². The molecule has 0 aliphatic heterocycles. The minimum Gasteiger partial charge on any atom is -0.306 e. The van der Waals surface area contributed by atoms with E-state index in [4.69, 9.17) is 11.6 Å². The maximum absolute atomic E-state index is 6.26. The monoisotopic (exact) mass is 337 g/mol. The molecule has 19 heavy (non-hydrogen) atoms. The SMILES string of the molecule is Cc1ccc(CNC(C)c2ccc(Br)cc2Cl)cc1. The van der Waals surface area contributed by atoms with Gasteiger partial charge in [0, 0.05) is 22.1 Å². The number of benzene rings is 2. The highest BCUT2D eigenvalue weighted by atomic mass is 79.9. The third kappa shape index (κ3) is 4.07. The van der Waals surface area contributed by atoms with Crippen LogP contribution in [0.15, 0.2) is 46.9 Å². The molecule has 0 fully saturated rings. The van der Waals surface area contributed by atoms with Crippen molar-refractivity contribution < 1.29 is 0 Å². The van der Waals surface area contributed by atoms with Crippen molar-refractivity contribution in [2.24, 2.45) is 0 Å². The maximum Gasteiger partial charge on any atom is 0.0464 e. The molecule has 0 aliphatic rings. The highest BCUT2D eigenvalue weighted by molar-refractivity contribution is 9.10. The second kappa shape index (κ2) is 6.56. The van der Waals surface area contributed by atoms with Crippen molar-refractivity contribution in [2.75, 3.05) is 0 Å². The normalized spacial score (nSPS) is 12.4. The van der Waals surface area contributed by atoms with Gasteiger partial charge in [-0.25, -0.2) is 0 Å². The predicted octanol–water partition coefficient (Wildman–Crippen LogP) is 5.26. The molecule has 0 bridgehead atoms. The van der Waals surface area contributed by atoms with E-state index >= 15 is 0 Å². The lowest BCUT2D eigenvalue weighted by molar-refractivity contribution is 0.575. The molecule has 0 spiro atoms. The molecule has 2 aromatic rings. The van der Waals surface area contributed by atoms with E-state index in [9.17, 15) is 0 Å². The second-order valence-electron chi connectivity index (χ2n) is 4.75. The molecule has 100 valence electrons. The van der Waals surface area contributed by atoms with Crippen LogP contribution < -0.4 is 5.32 Å². The summed E-state index contributed by atoms with van der Waals surface area (Å²) in [6.07, 6.45) is 0. The summed E-state index contributed by atoms with van der Waals surface area (Å²) in [6.45, 7) is 5.07. The van der Waals surface area contributed by atoms with Crippen LogP contribution in [0.4, 0.5) is 0 Å². The van der Waals surface area contributed by atoms with Crippen LogP contribution in [0.25, 0.3) is 0 Å². The van der Waals surface area contributed by atoms with Gasteiger partial charge in [-0.1, -0.05) is 63.4 Å². The summed E-state index contributed by atoms with van der Waals surface area (Å²) in [5, 5.41) is 4.29. The third-order valence-corrected chi connectivity index (χ3v) is 3.98. The lowest BCUT2D eigenvalue weighted by atomic mass is 10.1. The molecule has 0 aromatic heterocycles. The van der Waals surface area contributed by atoms with Gasteiger partial charge in [-0.15, -0.1) is 0 Å². The lowest BCUT2D eigenvalue weighted by Crippen LogP contribution is -2.18. The van der Waals surface area contributed by atoms with E-state index in [-0.39, 0.29) is 6.04 Å². The minimum atomic E-state index is 0.224. The van der Waals surface area contributed by atoms with Gasteiger partial charge in [0.05, 0.1) is 0 Å². The molecule has 1 unspecified atom stereocenters. The van der Waals surface area contributed by atoms with Crippen LogP contribution in [0.5, 0.6) is 0 Å². The first kappa shape index (κ1) is 14.6. The topological polar surface area (TPSA) is 12.0 Å². The highest BCUT2D eigenvalue weighted by Gasteiger charge is 2.09. The van der Waals surface area contributed by atoms with Crippen molar-refractivity contribution in [1.29, 1.82) is 0 Å². The highest BCUT2D eigenvalue weighted by Crippen LogP contribution is 2.26. The van der Waals surface area contributed by atoms with E-state index < -0.39 is 0 Å². The Balaban J connectivity index is 2.01. The average molecular weight is 339 g/mol. The van der Waals surface area contributed by atoms with E-state index in [1.165, 1.54) is 11.1 Å². The third-order valence-electron chi connectivity index (χ3n) is 3.16. The standard InChI is InChI=1S/C16H17BrClN/c1-11-3-5-13(6-4-11)10-19-12(2)15-8-7-14(17)9-16(15)18/h3-9,12,19H,10H2,1-2H3. The molecule has 0 amide bonds. The quantitative estimate of drug-likeness (QED) is 0.801. The molecule has 1 atom stereocenters. The number of nitrogens with one attached hydrogen (secondary N) is 1. The Labute approximate surface area is 128 Å². The van der Waals surface area contributed by atoms with Gasteiger partial charge in [0.25, 0.3) is 0 Å². The fourth-order valence-corrected chi connectivity index (χ4v) is 2.78. The number of rotatable bonds is 4. The number of hydrogen-bond donors (Lipinski definition) is 1. The summed E-state index contributed by atoms with van der Waals surface area (Å²) in [6, 6.07) is 14.8. The Morgan fingerprint density at radius 1 is 1.16 bits per heavy atom. The first-order valence-corrected chi connectivity index (χ1v) is 7.47. The Bertz CT molecular complexity index is 551. The largest absolute Gasteiger partial charge is 0.306 e. The predicted molar refractivity (Wildman–Crippen MR) is 85.6 cm³/mol. The van der Waals surface area contributed by atoms with Crippen LogP contribution >= 0.6 is 27.5 Å². The van der Waals surface area contributed by atoms with Gasteiger partial charge in [0.2, 0.25) is 0 Å². The van der Waals surface area contributed by atoms with Crippen LogP contribution in [0, 0.1) is 6.92 Å². The zero-order valence-corrected chi connectivity index (χ0v) is 13.4. The summed E-state index contributed by atoms with van der Waals surface area (Å²) in [7, 11) is 0. The van der Waals surface area contributed by atoms with Crippen LogP contribution in [0.2, 0.25) is 5.02 Å². The Morgan fingerprint density at radius 3 is 2.47 bits per heavy atom. The smallest absolute Gasteiger partial charge is 0.0464 e. The van der Waals surface area contributed by atoms with Crippen LogP contribution in [-0.2, 0) is 6.54 Å². The molecule has 0 aliphatic carbocycles. The summed E-state index contributed by atoms with van der Waals surface area (Å²) in [4.78, 5) is 0. The molecule has 2 aromatic carbocycles. The Morgan fingerprint density at radius 2 is 1.84 bits per heavy atom. The lowest BCUT2D eigenvalue weighted by Gasteiger charge is -2.16. The Kier molecular flexibility index (Phi) is 5.03. The molecular weight excluding hydrogens is 322 g/mol. The van der Waals surface area contributed by atoms with E-state index in [1.54, 1.807) is 0 Å². The summed E-state index contributed by atoms with van der Waals surface area (Å²) in [5.41, 5.74) is 3.69. The van der Waals surface area contributed by atoms with Crippen LogP contribution in [-0.4, -0.2) is 0 Å². The molecule has 0 radical (unpaired) electrons. The second-order valence-corrected chi connectivity index (χ2v) is 6.08. The van der Waals surface area contributed by atoms with Gasteiger partial charge in [-0.05, 0) is 37.1 Å². The van der Waals surface area contributed by atoms with Crippen molar-refractivity contribution in [3.05, 3.63) is 68.7 Å². The van der Waals surface area contributed by atoms with Gasteiger partial charge >= 0.3 is 0 Å². The van der Waals surface area contributed by atoms with Crippen LogP contribution in [0.3, 0.4) is 0 Å². The molecule has 0 heterocycles. The summed E-state index contributed by atoms with van der Waals surface area (Å²) >= 11 is 9.68. The summed E-state index contributed by atoms with van der Waals surface area (Å²) in [5.74, 6) is 0. The molecule has 1 nitrogen and oxygen atoms in total. The van der Waals surface area contributed by atoms with Crippen molar-refractivity contribution in [1.82, 2.24) is 5.32 Å².